The fourth-order valence-corrected chi connectivity index (χ4v) is 3.85. The van der Waals surface area contributed by atoms with Crippen LogP contribution in [0.15, 0.2) is 18.5 Å². The number of urea groups is 1. The zero-order chi connectivity index (χ0) is 16.1. The molecule has 2 saturated heterocycles. The second-order valence-corrected chi connectivity index (χ2v) is 6.86. The Labute approximate surface area is 140 Å². The average molecular weight is 327 g/mol. The lowest BCUT2D eigenvalue weighted by atomic mass is 10.1. The number of aromatic nitrogens is 4. The van der Waals surface area contributed by atoms with Crippen molar-refractivity contribution in [1.82, 2.24) is 29.8 Å². The molecule has 0 saturated carbocycles. The molecule has 0 spiro atoms. The summed E-state index contributed by atoms with van der Waals surface area (Å²) in [7, 11) is 0. The van der Waals surface area contributed by atoms with Gasteiger partial charge in [-0.2, -0.15) is 10.2 Å². The van der Waals surface area contributed by atoms with Gasteiger partial charge >= 0.3 is 6.03 Å². The highest BCUT2D eigenvalue weighted by Gasteiger charge is 2.31. The van der Waals surface area contributed by atoms with E-state index >= 15 is 0 Å². The Kier molecular flexibility index (Phi) is 3.12. The first-order valence-electron chi connectivity index (χ1n) is 8.64. The molecule has 126 valence electrons. The molecule has 2 aromatic rings. The minimum absolute atomic E-state index is 0.0300. The molecule has 5 rings (SSSR count). The Bertz CT molecular complexity index is 752. The minimum Gasteiger partial charge on any atom is -0.336 e. The van der Waals surface area contributed by atoms with Crippen molar-refractivity contribution in [2.24, 2.45) is 0 Å². The highest BCUT2D eigenvalue weighted by molar-refractivity contribution is 5.93. The van der Waals surface area contributed by atoms with Gasteiger partial charge in [0.05, 0.1) is 23.6 Å². The lowest BCUT2D eigenvalue weighted by Gasteiger charge is -2.38. The van der Waals surface area contributed by atoms with Crippen LogP contribution in [0.4, 0.5) is 10.5 Å². The summed E-state index contributed by atoms with van der Waals surface area (Å²) in [6.07, 6.45) is 6.16. The van der Waals surface area contributed by atoms with E-state index in [-0.39, 0.29) is 6.03 Å². The topological polar surface area (TPSA) is 71.2 Å². The summed E-state index contributed by atoms with van der Waals surface area (Å²) in [6, 6.07) is 2.61. The molecule has 0 bridgehead atoms. The van der Waals surface area contributed by atoms with Crippen molar-refractivity contribution in [3.8, 4) is 0 Å². The third kappa shape index (κ3) is 2.29. The number of hydrogen-bond donors (Lipinski definition) is 1. The van der Waals surface area contributed by atoms with Crippen LogP contribution < -0.4 is 10.2 Å². The zero-order valence-corrected chi connectivity index (χ0v) is 13.6. The predicted octanol–water partition coefficient (Wildman–Crippen LogP) is 0.612. The van der Waals surface area contributed by atoms with Crippen LogP contribution in [-0.2, 0) is 19.5 Å². The van der Waals surface area contributed by atoms with Crippen LogP contribution >= 0.6 is 0 Å². The molecule has 3 aliphatic rings. The summed E-state index contributed by atoms with van der Waals surface area (Å²) in [5.41, 5.74) is 3.44. The number of carbonyl (C=O) groups is 1. The van der Waals surface area contributed by atoms with E-state index in [1.54, 1.807) is 11.1 Å². The molecule has 5 heterocycles. The fraction of sp³-hybridized carbons (Fsp3) is 0.562. The standard InChI is InChI=1S/C16H21N7O/c24-16-17-3-5-21(16)14-7-18-23(11-14)15-9-20(10-15)8-12-6-13-2-1-4-22(13)19-12/h6-7,11,15H,1-5,8-10H2,(H,17,24). The van der Waals surface area contributed by atoms with E-state index in [1.165, 1.54) is 17.8 Å². The molecule has 0 unspecified atom stereocenters. The van der Waals surface area contributed by atoms with Crippen LogP contribution in [0.3, 0.4) is 0 Å². The maximum absolute atomic E-state index is 11.7. The fourth-order valence-electron chi connectivity index (χ4n) is 3.85. The summed E-state index contributed by atoms with van der Waals surface area (Å²) in [5, 5.41) is 11.9. The number of hydrogen-bond acceptors (Lipinski definition) is 4. The molecule has 0 aliphatic carbocycles. The molecule has 1 N–H and O–H groups in total. The number of likely N-dealkylation sites (tertiary alicyclic amines) is 1. The summed E-state index contributed by atoms with van der Waals surface area (Å²) >= 11 is 0. The van der Waals surface area contributed by atoms with Crippen molar-refractivity contribution in [3.63, 3.8) is 0 Å². The summed E-state index contributed by atoms with van der Waals surface area (Å²) < 4.78 is 4.14. The van der Waals surface area contributed by atoms with E-state index < -0.39 is 0 Å². The third-order valence-electron chi connectivity index (χ3n) is 5.17. The maximum Gasteiger partial charge on any atom is 0.322 e. The van der Waals surface area contributed by atoms with Crippen molar-refractivity contribution in [3.05, 3.63) is 29.8 Å². The van der Waals surface area contributed by atoms with E-state index in [0.29, 0.717) is 19.1 Å². The lowest BCUT2D eigenvalue weighted by molar-refractivity contribution is 0.0893. The van der Waals surface area contributed by atoms with Gasteiger partial charge in [-0.05, 0) is 18.9 Å². The zero-order valence-electron chi connectivity index (χ0n) is 13.6. The summed E-state index contributed by atoms with van der Waals surface area (Å²) in [6.45, 7) is 5.37. The first-order chi connectivity index (χ1) is 11.8. The third-order valence-corrected chi connectivity index (χ3v) is 5.17. The van der Waals surface area contributed by atoms with E-state index in [4.69, 9.17) is 0 Å². The van der Waals surface area contributed by atoms with Crippen LogP contribution in [0.1, 0.15) is 23.9 Å². The molecular weight excluding hydrogens is 306 g/mol. The van der Waals surface area contributed by atoms with E-state index in [9.17, 15) is 4.79 Å². The van der Waals surface area contributed by atoms with Gasteiger partial charge in [0.1, 0.15) is 0 Å². The smallest absolute Gasteiger partial charge is 0.322 e. The van der Waals surface area contributed by atoms with Crippen LogP contribution in [0, 0.1) is 0 Å². The molecule has 0 atom stereocenters. The van der Waals surface area contributed by atoms with Gasteiger partial charge in [0.25, 0.3) is 0 Å². The number of nitrogens with one attached hydrogen (secondary N) is 1. The number of nitrogens with zero attached hydrogens (tertiary/aromatic N) is 6. The van der Waals surface area contributed by atoms with Crippen LogP contribution in [0.25, 0.3) is 0 Å². The molecule has 2 aromatic heterocycles. The quantitative estimate of drug-likeness (QED) is 0.893. The van der Waals surface area contributed by atoms with Crippen LogP contribution in [0.2, 0.25) is 0 Å². The van der Waals surface area contributed by atoms with Crippen LogP contribution in [-0.4, -0.2) is 56.7 Å². The number of fused-ring (bicyclic) bond motifs is 1. The number of amides is 2. The molecule has 0 radical (unpaired) electrons. The molecule has 2 fully saturated rings. The van der Waals surface area contributed by atoms with Gasteiger partial charge < -0.3 is 5.32 Å². The number of rotatable bonds is 4. The van der Waals surface area contributed by atoms with Gasteiger partial charge in [-0.25, -0.2) is 4.79 Å². The Morgan fingerprint density at radius 3 is 3.00 bits per heavy atom. The number of aryl methyl sites for hydroxylation is 2. The lowest BCUT2D eigenvalue weighted by Crippen LogP contribution is -2.47. The maximum atomic E-state index is 11.7. The molecule has 3 aliphatic heterocycles. The van der Waals surface area contributed by atoms with E-state index in [0.717, 1.165) is 38.3 Å². The molecule has 24 heavy (non-hydrogen) atoms. The molecular formula is C16H21N7O. The van der Waals surface area contributed by atoms with Crippen molar-refractivity contribution in [2.45, 2.75) is 32.0 Å². The molecule has 0 aromatic carbocycles. The van der Waals surface area contributed by atoms with Gasteiger partial charge in [-0.3, -0.25) is 19.2 Å². The molecule has 8 heteroatoms. The van der Waals surface area contributed by atoms with Gasteiger partial charge in [-0.15, -0.1) is 0 Å². The largest absolute Gasteiger partial charge is 0.336 e. The number of carbonyl (C=O) groups excluding carboxylic acids is 1. The Morgan fingerprint density at radius 1 is 1.29 bits per heavy atom. The Hall–Kier alpha value is -2.35. The normalized spacial score (nSPS) is 21.2. The molecule has 2 amide bonds. The van der Waals surface area contributed by atoms with Gasteiger partial charge in [0, 0.05) is 51.2 Å². The SMILES string of the molecule is O=C1NCCN1c1cnn(C2CN(Cc3cc4n(n3)CCC4)C2)c1. The van der Waals surface area contributed by atoms with Gasteiger partial charge in [0.15, 0.2) is 0 Å². The second kappa shape index (κ2) is 5.34. The first kappa shape index (κ1) is 14.0. The van der Waals surface area contributed by atoms with Crippen molar-refractivity contribution >= 4 is 11.7 Å². The Balaban J connectivity index is 1.19. The predicted molar refractivity (Wildman–Crippen MR) is 87.8 cm³/mol. The van der Waals surface area contributed by atoms with E-state index in [1.807, 2.05) is 10.9 Å². The highest BCUT2D eigenvalue weighted by atomic mass is 16.2. The first-order valence-corrected chi connectivity index (χ1v) is 8.64. The minimum atomic E-state index is -0.0300. The Morgan fingerprint density at radius 2 is 2.21 bits per heavy atom. The summed E-state index contributed by atoms with van der Waals surface area (Å²) in [5.74, 6) is 0. The number of anilines is 1. The average Bonchev–Trinajstić information content (AvgIpc) is 3.25. The molecule has 8 nitrogen and oxygen atoms in total. The van der Waals surface area contributed by atoms with Gasteiger partial charge in [0.2, 0.25) is 0 Å². The summed E-state index contributed by atoms with van der Waals surface area (Å²) in [4.78, 5) is 15.9. The highest BCUT2D eigenvalue weighted by Crippen LogP contribution is 2.26. The monoisotopic (exact) mass is 327 g/mol. The second-order valence-electron chi connectivity index (χ2n) is 6.86. The van der Waals surface area contributed by atoms with E-state index in [2.05, 4.69) is 31.2 Å². The van der Waals surface area contributed by atoms with Crippen molar-refractivity contribution in [2.75, 3.05) is 31.1 Å². The van der Waals surface area contributed by atoms with Gasteiger partial charge in [-0.1, -0.05) is 0 Å². The van der Waals surface area contributed by atoms with Crippen molar-refractivity contribution < 1.29 is 4.79 Å². The van der Waals surface area contributed by atoms with Crippen molar-refractivity contribution in [1.29, 1.82) is 0 Å². The van der Waals surface area contributed by atoms with Crippen LogP contribution in [0.5, 0.6) is 0 Å².